The number of rotatable bonds is 6. The van der Waals surface area contributed by atoms with Crippen molar-refractivity contribution >= 4 is 11.8 Å². The minimum atomic E-state index is -0.529. The van der Waals surface area contributed by atoms with Crippen LogP contribution in [0.3, 0.4) is 0 Å². The number of aryl methyl sites for hydroxylation is 1. The van der Waals surface area contributed by atoms with Crippen molar-refractivity contribution in [2.24, 2.45) is 0 Å². The van der Waals surface area contributed by atoms with Gasteiger partial charge in [0.25, 0.3) is 0 Å². The van der Waals surface area contributed by atoms with Crippen molar-refractivity contribution < 1.29 is 9.84 Å². The first kappa shape index (κ1) is 13.7. The lowest BCUT2D eigenvalue weighted by Gasteiger charge is -2.21. The predicted octanol–water partition coefficient (Wildman–Crippen LogP) is 0.270. The Morgan fingerprint density at radius 3 is 2.82 bits per heavy atom. The summed E-state index contributed by atoms with van der Waals surface area (Å²) < 4.78 is 4.89. The number of anilines is 2. The summed E-state index contributed by atoms with van der Waals surface area (Å²) in [5.74, 6) is 1.35. The monoisotopic (exact) mass is 240 g/mol. The van der Waals surface area contributed by atoms with Gasteiger partial charge in [0.05, 0.1) is 12.7 Å². The van der Waals surface area contributed by atoms with Gasteiger partial charge in [-0.2, -0.15) is 4.98 Å². The molecule has 0 radical (unpaired) electrons. The minimum absolute atomic E-state index is 0.313. The number of aliphatic hydroxyl groups excluding tert-OH is 1. The number of hydrogen-bond donors (Lipinski definition) is 2. The number of hydrogen-bond acceptors (Lipinski definition) is 6. The second-order valence-corrected chi connectivity index (χ2v) is 3.93. The van der Waals surface area contributed by atoms with Crippen LogP contribution in [-0.4, -0.2) is 55.5 Å². The summed E-state index contributed by atoms with van der Waals surface area (Å²) in [4.78, 5) is 10.4. The number of likely N-dealkylation sites (N-methyl/N-ethyl adjacent to an activating group) is 1. The molecule has 0 aliphatic carbocycles. The van der Waals surface area contributed by atoms with Gasteiger partial charge in [-0.3, -0.25) is 0 Å². The van der Waals surface area contributed by atoms with E-state index in [0.29, 0.717) is 19.1 Å². The molecule has 1 atom stereocenters. The molecule has 0 fully saturated rings. The van der Waals surface area contributed by atoms with Crippen molar-refractivity contribution in [3.63, 3.8) is 0 Å². The lowest BCUT2D eigenvalue weighted by atomic mass is 10.3. The maximum absolute atomic E-state index is 9.65. The molecule has 1 aromatic heterocycles. The van der Waals surface area contributed by atoms with Gasteiger partial charge in [-0.15, -0.1) is 0 Å². The molecule has 0 saturated carbocycles. The Bertz CT molecular complexity index is 359. The Kier molecular flexibility index (Phi) is 5.11. The molecule has 0 aliphatic heterocycles. The number of aliphatic hydroxyl groups is 1. The van der Waals surface area contributed by atoms with Crippen molar-refractivity contribution in [1.29, 1.82) is 0 Å². The van der Waals surface area contributed by atoms with Gasteiger partial charge in [-0.05, 0) is 6.92 Å². The fourth-order valence-corrected chi connectivity index (χ4v) is 1.51. The highest BCUT2D eigenvalue weighted by Gasteiger charge is 2.11. The van der Waals surface area contributed by atoms with Gasteiger partial charge in [0.2, 0.25) is 5.95 Å². The van der Waals surface area contributed by atoms with Crippen LogP contribution in [0, 0.1) is 6.92 Å². The van der Waals surface area contributed by atoms with Gasteiger partial charge in [0, 0.05) is 39.5 Å². The zero-order valence-electron chi connectivity index (χ0n) is 10.8. The molecule has 0 bridgehead atoms. The second-order valence-electron chi connectivity index (χ2n) is 3.93. The molecular weight excluding hydrogens is 220 g/mol. The van der Waals surface area contributed by atoms with Crippen molar-refractivity contribution in [2.75, 3.05) is 44.6 Å². The van der Waals surface area contributed by atoms with Crippen molar-refractivity contribution in [1.82, 2.24) is 9.97 Å². The van der Waals surface area contributed by atoms with Crippen LogP contribution < -0.4 is 10.2 Å². The molecule has 0 aliphatic rings. The summed E-state index contributed by atoms with van der Waals surface area (Å²) in [6.07, 6.45) is -0.529. The third kappa shape index (κ3) is 4.16. The zero-order chi connectivity index (χ0) is 12.8. The van der Waals surface area contributed by atoms with Crippen LogP contribution in [0.25, 0.3) is 0 Å². The van der Waals surface area contributed by atoms with Crippen LogP contribution in [0.15, 0.2) is 6.07 Å². The molecule has 0 saturated heterocycles. The normalized spacial score (nSPS) is 12.3. The molecule has 0 spiro atoms. The van der Waals surface area contributed by atoms with E-state index in [0.717, 1.165) is 11.5 Å². The average Bonchev–Trinajstić information content (AvgIpc) is 2.28. The first-order valence-electron chi connectivity index (χ1n) is 5.48. The minimum Gasteiger partial charge on any atom is -0.389 e. The van der Waals surface area contributed by atoms with Crippen LogP contribution in [0.2, 0.25) is 0 Å². The quantitative estimate of drug-likeness (QED) is 0.744. The molecule has 1 aromatic rings. The van der Waals surface area contributed by atoms with E-state index in [1.807, 2.05) is 24.9 Å². The fourth-order valence-electron chi connectivity index (χ4n) is 1.51. The number of methoxy groups -OCH3 is 1. The van der Waals surface area contributed by atoms with E-state index < -0.39 is 6.10 Å². The Morgan fingerprint density at radius 1 is 1.53 bits per heavy atom. The first-order chi connectivity index (χ1) is 8.06. The van der Waals surface area contributed by atoms with E-state index in [4.69, 9.17) is 4.74 Å². The molecule has 0 aromatic carbocycles. The topological polar surface area (TPSA) is 70.5 Å². The van der Waals surface area contributed by atoms with Gasteiger partial charge in [0.1, 0.15) is 5.82 Å². The van der Waals surface area contributed by atoms with Gasteiger partial charge < -0.3 is 20.1 Å². The molecule has 1 unspecified atom stereocenters. The highest BCUT2D eigenvalue weighted by atomic mass is 16.5. The van der Waals surface area contributed by atoms with E-state index in [1.165, 1.54) is 0 Å². The average molecular weight is 240 g/mol. The van der Waals surface area contributed by atoms with E-state index in [1.54, 1.807) is 14.2 Å². The lowest BCUT2D eigenvalue weighted by Crippen LogP contribution is -2.32. The maximum atomic E-state index is 9.65. The highest BCUT2D eigenvalue weighted by Crippen LogP contribution is 2.13. The SMILES string of the molecule is CNc1nc(C)cc(N(C)CC(O)COC)n1. The molecule has 1 heterocycles. The summed E-state index contributed by atoms with van der Waals surface area (Å²) in [6, 6.07) is 1.88. The van der Waals surface area contributed by atoms with Gasteiger partial charge >= 0.3 is 0 Å². The molecule has 6 nitrogen and oxygen atoms in total. The van der Waals surface area contributed by atoms with Crippen LogP contribution in [0.4, 0.5) is 11.8 Å². The number of aromatic nitrogens is 2. The first-order valence-corrected chi connectivity index (χ1v) is 5.48. The lowest BCUT2D eigenvalue weighted by molar-refractivity contribution is 0.0694. The largest absolute Gasteiger partial charge is 0.389 e. The van der Waals surface area contributed by atoms with Gasteiger partial charge in [-0.1, -0.05) is 0 Å². The van der Waals surface area contributed by atoms with Crippen LogP contribution >= 0.6 is 0 Å². The van der Waals surface area contributed by atoms with E-state index in [2.05, 4.69) is 15.3 Å². The number of ether oxygens (including phenoxy) is 1. The second kappa shape index (κ2) is 6.36. The summed E-state index contributed by atoms with van der Waals surface area (Å²) in [5, 5.41) is 12.6. The summed E-state index contributed by atoms with van der Waals surface area (Å²) in [5.41, 5.74) is 0.882. The maximum Gasteiger partial charge on any atom is 0.224 e. The summed E-state index contributed by atoms with van der Waals surface area (Å²) in [7, 11) is 5.22. The van der Waals surface area contributed by atoms with Crippen LogP contribution in [0.1, 0.15) is 5.69 Å². The summed E-state index contributed by atoms with van der Waals surface area (Å²) in [6.45, 7) is 2.69. The van der Waals surface area contributed by atoms with Crippen LogP contribution in [0.5, 0.6) is 0 Å². The predicted molar refractivity (Wildman–Crippen MR) is 67.5 cm³/mol. The molecule has 0 amide bonds. The molecule has 2 N–H and O–H groups in total. The number of nitrogens with one attached hydrogen (secondary N) is 1. The van der Waals surface area contributed by atoms with Crippen molar-refractivity contribution in [2.45, 2.75) is 13.0 Å². The molecule has 1 rings (SSSR count). The van der Waals surface area contributed by atoms with E-state index >= 15 is 0 Å². The third-order valence-corrected chi connectivity index (χ3v) is 2.30. The van der Waals surface area contributed by atoms with Crippen molar-refractivity contribution in [3.8, 4) is 0 Å². The zero-order valence-corrected chi connectivity index (χ0v) is 10.8. The van der Waals surface area contributed by atoms with Gasteiger partial charge in [-0.25, -0.2) is 4.98 Å². The number of nitrogens with zero attached hydrogens (tertiary/aromatic N) is 3. The van der Waals surface area contributed by atoms with E-state index in [-0.39, 0.29) is 0 Å². The Labute approximate surface area is 102 Å². The molecule has 6 heteroatoms. The van der Waals surface area contributed by atoms with Crippen molar-refractivity contribution in [3.05, 3.63) is 11.8 Å². The van der Waals surface area contributed by atoms with Gasteiger partial charge in [0.15, 0.2) is 0 Å². The summed E-state index contributed by atoms with van der Waals surface area (Å²) >= 11 is 0. The Balaban J connectivity index is 2.74. The highest BCUT2D eigenvalue weighted by molar-refractivity contribution is 5.43. The molecule has 96 valence electrons. The Morgan fingerprint density at radius 2 is 2.24 bits per heavy atom. The fraction of sp³-hybridized carbons (Fsp3) is 0.636. The molecular formula is C11H20N4O2. The Hall–Kier alpha value is -1.40. The van der Waals surface area contributed by atoms with Crippen LogP contribution in [-0.2, 0) is 4.74 Å². The van der Waals surface area contributed by atoms with E-state index in [9.17, 15) is 5.11 Å². The molecule has 17 heavy (non-hydrogen) atoms. The smallest absolute Gasteiger partial charge is 0.224 e. The standard InChI is InChI=1S/C11H20N4O2/c1-8-5-10(14-11(12-2)13-8)15(3)6-9(16)7-17-4/h5,9,16H,6-7H2,1-4H3,(H,12,13,14). The third-order valence-electron chi connectivity index (χ3n) is 2.30.